The Morgan fingerprint density at radius 1 is 1.06 bits per heavy atom. The van der Waals surface area contributed by atoms with E-state index in [1.54, 1.807) is 18.2 Å². The molecule has 0 N–H and O–H groups in total. The van der Waals surface area contributed by atoms with Crippen molar-refractivity contribution in [1.29, 1.82) is 0 Å². The minimum atomic E-state index is -2.86. The molecule has 0 saturated carbocycles. The molecule has 0 aliphatic rings. The van der Waals surface area contributed by atoms with E-state index in [4.69, 9.17) is 0 Å². The minimum Gasteiger partial charge on any atom is -0.298 e. The van der Waals surface area contributed by atoms with E-state index in [0.29, 0.717) is 17.4 Å². The van der Waals surface area contributed by atoms with Gasteiger partial charge >= 0.3 is 0 Å². The van der Waals surface area contributed by atoms with Crippen molar-refractivity contribution in [3.05, 3.63) is 59.4 Å². The molecule has 2 rings (SSSR count). The van der Waals surface area contributed by atoms with Crippen LogP contribution in [0.2, 0.25) is 0 Å². The van der Waals surface area contributed by atoms with Gasteiger partial charge in [0.15, 0.2) is 0 Å². The maximum absolute atomic E-state index is 13.9. The van der Waals surface area contributed by atoms with Gasteiger partial charge in [-0.1, -0.05) is 36.4 Å². The number of benzene rings is 2. The number of alkyl halides is 2. The fraction of sp³-hybridized carbons (Fsp3) is 0.0714. The van der Waals surface area contributed by atoms with Crippen LogP contribution in [0.4, 0.5) is 13.2 Å². The molecule has 0 amide bonds. The Bertz CT molecular complexity index is 579. The molecular weight excluding hydrogens is 241 g/mol. The van der Waals surface area contributed by atoms with Crippen LogP contribution in [0.25, 0.3) is 11.1 Å². The Labute approximate surface area is 102 Å². The summed E-state index contributed by atoms with van der Waals surface area (Å²) in [4.78, 5) is 10.6. The highest BCUT2D eigenvalue weighted by atomic mass is 19.3. The fourth-order valence-corrected chi connectivity index (χ4v) is 1.72. The van der Waals surface area contributed by atoms with Crippen LogP contribution < -0.4 is 0 Å². The van der Waals surface area contributed by atoms with Crippen molar-refractivity contribution in [1.82, 2.24) is 0 Å². The Morgan fingerprint density at radius 3 is 2.44 bits per heavy atom. The van der Waals surface area contributed by atoms with Gasteiger partial charge in [-0.2, -0.15) is 0 Å². The first-order valence-electron chi connectivity index (χ1n) is 5.25. The molecule has 0 saturated heterocycles. The van der Waals surface area contributed by atoms with Gasteiger partial charge in [0.05, 0.1) is 5.56 Å². The van der Waals surface area contributed by atoms with Gasteiger partial charge in [-0.25, -0.2) is 13.2 Å². The van der Waals surface area contributed by atoms with Gasteiger partial charge in [-0.05, 0) is 11.6 Å². The maximum atomic E-state index is 13.9. The molecule has 2 aromatic carbocycles. The summed E-state index contributed by atoms with van der Waals surface area (Å²) in [6.07, 6.45) is -2.24. The third-order valence-electron chi connectivity index (χ3n) is 2.60. The zero-order chi connectivity index (χ0) is 13.1. The van der Waals surface area contributed by atoms with Crippen molar-refractivity contribution >= 4 is 6.29 Å². The van der Waals surface area contributed by atoms with Crippen LogP contribution >= 0.6 is 0 Å². The minimum absolute atomic E-state index is 0.0662. The SMILES string of the molecule is O=Cc1cccc(-c2cccc(C(F)F)c2F)c1. The number of hydrogen-bond donors (Lipinski definition) is 0. The molecule has 0 unspecified atom stereocenters. The molecule has 0 fully saturated rings. The van der Waals surface area contributed by atoms with Gasteiger partial charge in [0, 0.05) is 11.1 Å². The van der Waals surface area contributed by atoms with Gasteiger partial charge in [0.2, 0.25) is 0 Å². The van der Waals surface area contributed by atoms with E-state index in [9.17, 15) is 18.0 Å². The van der Waals surface area contributed by atoms with Crippen LogP contribution in [0.1, 0.15) is 22.3 Å². The summed E-state index contributed by atoms with van der Waals surface area (Å²) in [7, 11) is 0. The lowest BCUT2D eigenvalue weighted by atomic mass is 10.0. The molecule has 0 spiro atoms. The highest BCUT2D eigenvalue weighted by molar-refractivity contribution is 5.79. The molecule has 0 aromatic heterocycles. The molecule has 0 aliphatic carbocycles. The Hall–Kier alpha value is -2.10. The van der Waals surface area contributed by atoms with Crippen LogP contribution in [0.5, 0.6) is 0 Å². The fourth-order valence-electron chi connectivity index (χ4n) is 1.72. The first-order valence-corrected chi connectivity index (χ1v) is 5.25. The van der Waals surface area contributed by atoms with Gasteiger partial charge < -0.3 is 0 Å². The number of carbonyl (C=O) groups excluding carboxylic acids is 1. The molecule has 18 heavy (non-hydrogen) atoms. The van der Waals surface area contributed by atoms with E-state index in [1.807, 2.05) is 0 Å². The van der Waals surface area contributed by atoms with Crippen molar-refractivity contribution in [3.63, 3.8) is 0 Å². The number of carbonyl (C=O) groups is 1. The third kappa shape index (κ3) is 2.27. The summed E-state index contributed by atoms with van der Waals surface area (Å²) < 4.78 is 39.0. The van der Waals surface area contributed by atoms with Crippen LogP contribution in [0, 0.1) is 5.82 Å². The predicted molar refractivity (Wildman–Crippen MR) is 62.2 cm³/mol. The molecule has 1 nitrogen and oxygen atoms in total. The van der Waals surface area contributed by atoms with Crippen molar-refractivity contribution < 1.29 is 18.0 Å². The van der Waals surface area contributed by atoms with Crippen LogP contribution in [0.15, 0.2) is 42.5 Å². The molecule has 0 aliphatic heterocycles. The lowest BCUT2D eigenvalue weighted by Crippen LogP contribution is -1.94. The summed E-state index contributed by atoms with van der Waals surface area (Å²) in [6, 6.07) is 9.99. The number of hydrogen-bond acceptors (Lipinski definition) is 1. The van der Waals surface area contributed by atoms with Crippen molar-refractivity contribution in [3.8, 4) is 11.1 Å². The summed E-state index contributed by atoms with van der Waals surface area (Å²) in [5.74, 6) is -0.949. The largest absolute Gasteiger partial charge is 0.298 e. The zero-order valence-corrected chi connectivity index (χ0v) is 9.24. The molecular formula is C14H9F3O. The van der Waals surface area contributed by atoms with Gasteiger partial charge in [-0.15, -0.1) is 0 Å². The molecule has 92 valence electrons. The number of halogens is 3. The van der Waals surface area contributed by atoms with Crippen molar-refractivity contribution in [2.45, 2.75) is 6.43 Å². The monoisotopic (exact) mass is 250 g/mol. The predicted octanol–water partition coefficient (Wildman–Crippen LogP) is 4.24. The Kier molecular flexibility index (Phi) is 3.46. The topological polar surface area (TPSA) is 17.1 Å². The summed E-state index contributed by atoms with van der Waals surface area (Å²) >= 11 is 0. The molecule has 0 radical (unpaired) electrons. The highest BCUT2D eigenvalue weighted by Crippen LogP contribution is 2.30. The van der Waals surface area contributed by atoms with E-state index >= 15 is 0 Å². The average Bonchev–Trinajstić information content (AvgIpc) is 2.38. The Balaban J connectivity index is 2.56. The van der Waals surface area contributed by atoms with Crippen molar-refractivity contribution in [2.24, 2.45) is 0 Å². The first-order chi connectivity index (χ1) is 8.63. The van der Waals surface area contributed by atoms with Crippen LogP contribution in [-0.4, -0.2) is 6.29 Å². The van der Waals surface area contributed by atoms with E-state index in [0.717, 1.165) is 6.07 Å². The van der Waals surface area contributed by atoms with E-state index in [-0.39, 0.29) is 5.56 Å². The summed E-state index contributed by atoms with van der Waals surface area (Å²) in [5.41, 5.74) is 0.203. The van der Waals surface area contributed by atoms with E-state index in [1.165, 1.54) is 18.2 Å². The second-order valence-electron chi connectivity index (χ2n) is 3.75. The standard InChI is InChI=1S/C14H9F3O/c15-13-11(5-2-6-12(13)14(16)17)10-4-1-3-9(7-10)8-18/h1-8,14H. The Morgan fingerprint density at radius 2 is 1.78 bits per heavy atom. The zero-order valence-electron chi connectivity index (χ0n) is 9.24. The van der Waals surface area contributed by atoms with E-state index in [2.05, 4.69) is 0 Å². The normalized spacial score (nSPS) is 10.7. The molecule has 2 aromatic rings. The lowest BCUT2D eigenvalue weighted by molar-refractivity contribution is 0.112. The smallest absolute Gasteiger partial charge is 0.266 e. The number of rotatable bonds is 3. The third-order valence-corrected chi connectivity index (χ3v) is 2.60. The van der Waals surface area contributed by atoms with Gasteiger partial charge in [-0.3, -0.25) is 4.79 Å². The van der Waals surface area contributed by atoms with Gasteiger partial charge in [0.25, 0.3) is 6.43 Å². The molecule has 0 bridgehead atoms. The summed E-state index contributed by atoms with van der Waals surface area (Å²) in [6.45, 7) is 0. The molecule has 4 heteroatoms. The molecule has 0 atom stereocenters. The van der Waals surface area contributed by atoms with Crippen LogP contribution in [0.3, 0.4) is 0 Å². The number of aldehydes is 1. The maximum Gasteiger partial charge on any atom is 0.266 e. The van der Waals surface area contributed by atoms with E-state index < -0.39 is 17.8 Å². The first kappa shape index (κ1) is 12.4. The average molecular weight is 250 g/mol. The summed E-state index contributed by atoms with van der Waals surface area (Å²) in [5, 5.41) is 0. The van der Waals surface area contributed by atoms with Crippen LogP contribution in [-0.2, 0) is 0 Å². The second-order valence-corrected chi connectivity index (χ2v) is 3.75. The van der Waals surface area contributed by atoms with Gasteiger partial charge in [0.1, 0.15) is 12.1 Å². The molecule has 0 heterocycles. The quantitative estimate of drug-likeness (QED) is 0.744. The lowest BCUT2D eigenvalue weighted by Gasteiger charge is -2.08. The van der Waals surface area contributed by atoms with Crippen molar-refractivity contribution in [2.75, 3.05) is 0 Å². The second kappa shape index (κ2) is 5.04. The highest BCUT2D eigenvalue weighted by Gasteiger charge is 2.16.